The first-order chi connectivity index (χ1) is 14.7. The first-order valence-electron chi connectivity index (χ1n) is 11.3. The fourth-order valence-electron chi connectivity index (χ4n) is 5.99. The van der Waals surface area contributed by atoms with Crippen LogP contribution in [-0.2, 0) is 0 Å². The molecule has 3 aromatic carbocycles. The van der Waals surface area contributed by atoms with Crippen molar-refractivity contribution in [1.82, 2.24) is 0 Å². The summed E-state index contributed by atoms with van der Waals surface area (Å²) in [5.41, 5.74) is 2.30. The van der Waals surface area contributed by atoms with Crippen molar-refractivity contribution in [3.63, 3.8) is 0 Å². The molecule has 0 radical (unpaired) electrons. The van der Waals surface area contributed by atoms with Crippen molar-refractivity contribution in [2.24, 2.45) is 5.92 Å². The van der Waals surface area contributed by atoms with Crippen LogP contribution in [0.1, 0.15) is 38.5 Å². The summed E-state index contributed by atoms with van der Waals surface area (Å²) in [6, 6.07) is 33.9. The zero-order valence-corrected chi connectivity index (χ0v) is 19.9. The molecule has 2 aliphatic rings. The molecular weight excluding hydrogens is 447 g/mol. The normalized spacial score (nSPS) is 23.0. The van der Waals surface area contributed by atoms with E-state index < -0.39 is 5.31 Å². The van der Waals surface area contributed by atoms with Gasteiger partial charge in [0.05, 0.1) is 0 Å². The third-order valence-electron chi connectivity index (χ3n) is 7.47. The van der Waals surface area contributed by atoms with Crippen molar-refractivity contribution in [2.75, 3.05) is 0 Å². The fourth-order valence-corrected chi connectivity index (χ4v) is 14.7. The SMILES string of the molecule is BrP(c1ccccc1)(c1ccccc1)(c1ccccc1)C1CC=C2CCCCC2C1. The van der Waals surface area contributed by atoms with Gasteiger partial charge in [-0.05, 0) is 0 Å². The Morgan fingerprint density at radius 3 is 1.67 bits per heavy atom. The maximum absolute atomic E-state index is 4.70. The van der Waals surface area contributed by atoms with Gasteiger partial charge in [-0.1, -0.05) is 0 Å². The van der Waals surface area contributed by atoms with E-state index in [4.69, 9.17) is 15.5 Å². The van der Waals surface area contributed by atoms with Crippen LogP contribution in [-0.4, -0.2) is 5.66 Å². The van der Waals surface area contributed by atoms with Gasteiger partial charge < -0.3 is 0 Å². The Bertz CT molecular complexity index is 927. The van der Waals surface area contributed by atoms with E-state index in [1.54, 1.807) is 5.57 Å². The molecule has 0 saturated heterocycles. The second-order valence-corrected chi connectivity index (χ2v) is 17.8. The molecule has 0 N–H and O–H groups in total. The van der Waals surface area contributed by atoms with Crippen LogP contribution in [0.25, 0.3) is 0 Å². The molecule has 2 heteroatoms. The van der Waals surface area contributed by atoms with Crippen LogP contribution in [0.4, 0.5) is 0 Å². The van der Waals surface area contributed by atoms with Crippen LogP contribution in [0.15, 0.2) is 103 Å². The summed E-state index contributed by atoms with van der Waals surface area (Å²) in [7, 11) is 0. The average molecular weight is 477 g/mol. The third-order valence-corrected chi connectivity index (χ3v) is 18.6. The quantitative estimate of drug-likeness (QED) is 0.278. The molecule has 3 aromatic rings. The van der Waals surface area contributed by atoms with E-state index in [9.17, 15) is 0 Å². The Morgan fingerprint density at radius 2 is 1.17 bits per heavy atom. The summed E-state index contributed by atoms with van der Waals surface area (Å²) < 4.78 is 0. The topological polar surface area (TPSA) is 0 Å². The monoisotopic (exact) mass is 476 g/mol. The van der Waals surface area contributed by atoms with Crippen LogP contribution in [0.5, 0.6) is 0 Å². The van der Waals surface area contributed by atoms with Gasteiger partial charge >= 0.3 is 189 Å². The van der Waals surface area contributed by atoms with Crippen LogP contribution < -0.4 is 15.9 Å². The number of rotatable bonds is 4. The molecule has 1 fully saturated rings. The molecule has 2 unspecified atom stereocenters. The number of halogens is 1. The maximum atomic E-state index is 4.70. The molecular formula is C28H30BrP. The first-order valence-corrected chi connectivity index (χ1v) is 15.6. The summed E-state index contributed by atoms with van der Waals surface area (Å²) in [4.78, 5) is 0. The zero-order valence-electron chi connectivity index (χ0n) is 17.5. The van der Waals surface area contributed by atoms with E-state index in [1.165, 1.54) is 48.0 Å². The van der Waals surface area contributed by atoms with Gasteiger partial charge in [0, 0.05) is 0 Å². The number of benzene rings is 3. The summed E-state index contributed by atoms with van der Waals surface area (Å²) in [6.45, 7) is 0. The molecule has 0 spiro atoms. The van der Waals surface area contributed by atoms with E-state index >= 15 is 0 Å². The van der Waals surface area contributed by atoms with Crippen LogP contribution in [0.2, 0.25) is 0 Å². The number of hydrogen-bond acceptors (Lipinski definition) is 0. The molecule has 5 rings (SSSR count). The van der Waals surface area contributed by atoms with Crippen LogP contribution in [0, 0.1) is 5.92 Å². The molecule has 2 aliphatic carbocycles. The molecule has 0 amide bonds. The molecule has 0 nitrogen and oxygen atoms in total. The molecule has 0 heterocycles. The minimum absolute atomic E-state index is 0.565. The predicted molar refractivity (Wildman–Crippen MR) is 137 cm³/mol. The third kappa shape index (κ3) is 3.05. The Hall–Kier alpha value is -1.69. The Labute approximate surface area is 189 Å². The molecule has 0 bridgehead atoms. The summed E-state index contributed by atoms with van der Waals surface area (Å²) in [5.74, 6) is 0.757. The summed E-state index contributed by atoms with van der Waals surface area (Å²) in [5, 5.41) is 1.52. The molecule has 0 aliphatic heterocycles. The van der Waals surface area contributed by atoms with E-state index in [2.05, 4.69) is 97.1 Å². The van der Waals surface area contributed by atoms with Gasteiger partial charge in [-0.25, -0.2) is 0 Å². The zero-order chi connectivity index (χ0) is 20.5. The van der Waals surface area contributed by atoms with Crippen molar-refractivity contribution >= 4 is 36.7 Å². The number of allylic oxidation sites excluding steroid dienone is 2. The van der Waals surface area contributed by atoms with Gasteiger partial charge in [-0.3, -0.25) is 0 Å². The van der Waals surface area contributed by atoms with Crippen molar-refractivity contribution in [3.8, 4) is 0 Å². The standard InChI is InChI=1S/C28H30BrP/c29-30(25-14-4-1-5-15-25,26-16-6-2-7-17-26,27-18-8-3-9-19-27)28-21-20-23-12-10-11-13-24(23)22-28/h1-9,14-20,24,28H,10-13,21-22H2. The van der Waals surface area contributed by atoms with Gasteiger partial charge in [0.2, 0.25) is 0 Å². The molecule has 30 heavy (non-hydrogen) atoms. The van der Waals surface area contributed by atoms with Crippen molar-refractivity contribution in [1.29, 1.82) is 0 Å². The van der Waals surface area contributed by atoms with Crippen LogP contribution >= 0.6 is 20.8 Å². The van der Waals surface area contributed by atoms with Crippen molar-refractivity contribution in [2.45, 2.75) is 44.2 Å². The van der Waals surface area contributed by atoms with E-state index in [1.807, 2.05) is 0 Å². The number of fused-ring (bicyclic) bond motifs is 1. The van der Waals surface area contributed by atoms with E-state index in [0.717, 1.165) is 12.3 Å². The van der Waals surface area contributed by atoms with Gasteiger partial charge in [0.25, 0.3) is 0 Å². The number of hydrogen-bond donors (Lipinski definition) is 0. The second kappa shape index (κ2) is 8.10. The van der Waals surface area contributed by atoms with Crippen LogP contribution in [0.3, 0.4) is 0 Å². The van der Waals surface area contributed by atoms with Gasteiger partial charge in [-0.15, -0.1) is 0 Å². The first kappa shape index (κ1) is 20.2. The Balaban J connectivity index is 1.81. The van der Waals surface area contributed by atoms with Gasteiger partial charge in [0.15, 0.2) is 0 Å². The predicted octanol–water partition coefficient (Wildman–Crippen LogP) is 7.11. The molecule has 0 aromatic heterocycles. The summed E-state index contributed by atoms with van der Waals surface area (Å²) in [6.07, 6.45) is 10.5. The van der Waals surface area contributed by atoms with E-state index in [0.29, 0.717) is 5.66 Å². The second-order valence-electron chi connectivity index (χ2n) is 8.93. The van der Waals surface area contributed by atoms with Crippen molar-refractivity contribution in [3.05, 3.63) is 103 Å². The van der Waals surface area contributed by atoms with Gasteiger partial charge in [-0.2, -0.15) is 0 Å². The molecule has 2 atom stereocenters. The fraction of sp³-hybridized carbons (Fsp3) is 0.286. The summed E-state index contributed by atoms with van der Waals surface area (Å²) >= 11 is 4.70. The Kier molecular flexibility index (Phi) is 5.46. The average Bonchev–Trinajstić information content (AvgIpc) is 2.85. The minimum atomic E-state index is -2.85. The molecule has 154 valence electrons. The van der Waals surface area contributed by atoms with Gasteiger partial charge in [0.1, 0.15) is 0 Å². The molecule has 1 saturated carbocycles. The Morgan fingerprint density at radius 1 is 0.667 bits per heavy atom. The van der Waals surface area contributed by atoms with Crippen molar-refractivity contribution < 1.29 is 0 Å². The van der Waals surface area contributed by atoms with E-state index in [-0.39, 0.29) is 0 Å².